The number of piperidine rings is 1. The summed E-state index contributed by atoms with van der Waals surface area (Å²) in [5, 5.41) is 7.11. The van der Waals surface area contributed by atoms with Crippen molar-refractivity contribution in [1.29, 1.82) is 0 Å². The van der Waals surface area contributed by atoms with Crippen LogP contribution in [0.2, 0.25) is 0 Å². The van der Waals surface area contributed by atoms with Crippen LogP contribution in [0.3, 0.4) is 0 Å². The van der Waals surface area contributed by atoms with Gasteiger partial charge in [0.05, 0.1) is 0 Å². The molecule has 0 spiro atoms. The normalized spacial score (nSPS) is 25.6. The Balaban J connectivity index is 1.37. The molecule has 5 heteroatoms. The fourth-order valence-electron chi connectivity index (χ4n) is 4.37. The van der Waals surface area contributed by atoms with Gasteiger partial charge in [-0.1, -0.05) is 49.3 Å². The summed E-state index contributed by atoms with van der Waals surface area (Å²) < 4.78 is 5.26. The van der Waals surface area contributed by atoms with Crippen LogP contribution in [0, 0.1) is 0 Å². The average Bonchev–Trinajstić information content (AvgIpc) is 3.20. The highest BCUT2D eigenvalue weighted by molar-refractivity contribution is 5.92. The van der Waals surface area contributed by atoms with Gasteiger partial charge in [-0.15, -0.1) is 0 Å². The third-order valence-corrected chi connectivity index (χ3v) is 5.76. The van der Waals surface area contributed by atoms with E-state index in [0.29, 0.717) is 17.8 Å². The van der Waals surface area contributed by atoms with Crippen molar-refractivity contribution in [2.45, 2.75) is 70.1 Å². The van der Waals surface area contributed by atoms with E-state index in [0.717, 1.165) is 25.1 Å². The minimum absolute atomic E-state index is 0.110. The van der Waals surface area contributed by atoms with Gasteiger partial charge in [-0.3, -0.25) is 9.69 Å². The number of rotatable bonds is 5. The third kappa shape index (κ3) is 3.54. The molecule has 1 aromatic carbocycles. The van der Waals surface area contributed by atoms with Crippen LogP contribution < -0.4 is 5.32 Å². The van der Waals surface area contributed by atoms with Crippen molar-refractivity contribution >= 4 is 5.91 Å². The summed E-state index contributed by atoms with van der Waals surface area (Å²) in [5.41, 5.74) is 1.77. The lowest BCUT2D eigenvalue weighted by Crippen LogP contribution is -2.50. The molecule has 2 saturated heterocycles. The molecule has 4 rings (SSSR count). The van der Waals surface area contributed by atoms with Gasteiger partial charge in [-0.25, -0.2) is 0 Å². The lowest BCUT2D eigenvalue weighted by atomic mass is 9.96. The molecule has 1 N–H and O–H groups in total. The number of carbonyl (C=O) groups excluding carboxylic acids is 1. The molecule has 2 aliphatic heterocycles. The lowest BCUT2D eigenvalue weighted by Gasteiger charge is -2.39. The van der Waals surface area contributed by atoms with Gasteiger partial charge in [0.1, 0.15) is 5.76 Å². The summed E-state index contributed by atoms with van der Waals surface area (Å²) in [4.78, 5) is 15.1. The first-order valence-electron chi connectivity index (χ1n) is 9.67. The zero-order valence-corrected chi connectivity index (χ0v) is 15.5. The molecule has 2 aromatic rings. The molecule has 3 heterocycles. The first-order valence-corrected chi connectivity index (χ1v) is 9.67. The highest BCUT2D eigenvalue weighted by atomic mass is 16.5. The van der Waals surface area contributed by atoms with Gasteiger partial charge < -0.3 is 9.84 Å². The summed E-state index contributed by atoms with van der Waals surface area (Å²) in [6, 6.07) is 13.8. The molecule has 1 amide bonds. The summed E-state index contributed by atoms with van der Waals surface area (Å²) in [5.74, 6) is 0.885. The highest BCUT2D eigenvalue weighted by Crippen LogP contribution is 2.37. The molecular formula is C21H27N3O2. The third-order valence-electron chi connectivity index (χ3n) is 5.76. The number of hydrogen-bond acceptors (Lipinski definition) is 4. The highest BCUT2D eigenvalue weighted by Gasteiger charge is 2.41. The second kappa shape index (κ2) is 7.23. The van der Waals surface area contributed by atoms with Crippen LogP contribution in [0.4, 0.5) is 0 Å². The topological polar surface area (TPSA) is 58.4 Å². The van der Waals surface area contributed by atoms with E-state index in [4.69, 9.17) is 4.52 Å². The largest absolute Gasteiger partial charge is 0.360 e. The van der Waals surface area contributed by atoms with E-state index in [-0.39, 0.29) is 17.9 Å². The summed E-state index contributed by atoms with van der Waals surface area (Å²) in [6.45, 7) is 5.07. The quantitative estimate of drug-likeness (QED) is 0.890. The van der Waals surface area contributed by atoms with Gasteiger partial charge in [0, 0.05) is 36.7 Å². The molecule has 0 saturated carbocycles. The molecule has 138 valence electrons. The summed E-state index contributed by atoms with van der Waals surface area (Å²) in [7, 11) is 0. The molecule has 0 aliphatic carbocycles. The van der Waals surface area contributed by atoms with Gasteiger partial charge in [0.15, 0.2) is 5.69 Å². The van der Waals surface area contributed by atoms with Crippen LogP contribution in [0.15, 0.2) is 40.9 Å². The van der Waals surface area contributed by atoms with E-state index in [1.165, 1.54) is 18.4 Å². The van der Waals surface area contributed by atoms with Crippen LogP contribution in [-0.4, -0.2) is 34.1 Å². The van der Waals surface area contributed by atoms with Crippen molar-refractivity contribution in [2.75, 3.05) is 0 Å². The van der Waals surface area contributed by atoms with Gasteiger partial charge in [-0.05, 0) is 31.2 Å². The Morgan fingerprint density at radius 2 is 1.92 bits per heavy atom. The maximum atomic E-state index is 12.5. The van der Waals surface area contributed by atoms with Crippen LogP contribution >= 0.6 is 0 Å². The van der Waals surface area contributed by atoms with Crippen molar-refractivity contribution in [2.24, 2.45) is 0 Å². The first-order chi connectivity index (χ1) is 12.6. The smallest absolute Gasteiger partial charge is 0.273 e. The van der Waals surface area contributed by atoms with Crippen LogP contribution in [0.5, 0.6) is 0 Å². The fourth-order valence-corrected chi connectivity index (χ4v) is 4.37. The van der Waals surface area contributed by atoms with E-state index in [2.05, 4.69) is 45.7 Å². The number of nitrogens with zero attached hydrogens (tertiary/aromatic N) is 2. The lowest BCUT2D eigenvalue weighted by molar-refractivity contribution is 0.0820. The molecule has 0 radical (unpaired) electrons. The second-order valence-electron chi connectivity index (χ2n) is 7.95. The van der Waals surface area contributed by atoms with Crippen molar-refractivity contribution in [1.82, 2.24) is 15.4 Å². The maximum absolute atomic E-state index is 12.5. The Hall–Kier alpha value is -2.14. The number of nitrogens with one attached hydrogen (secondary N) is 1. The molecule has 26 heavy (non-hydrogen) atoms. The van der Waals surface area contributed by atoms with E-state index < -0.39 is 0 Å². The van der Waals surface area contributed by atoms with E-state index >= 15 is 0 Å². The fraction of sp³-hybridized carbons (Fsp3) is 0.524. The monoisotopic (exact) mass is 353 g/mol. The molecule has 3 atom stereocenters. The molecule has 1 unspecified atom stereocenters. The number of amides is 1. The predicted molar refractivity (Wildman–Crippen MR) is 99.9 cm³/mol. The summed E-state index contributed by atoms with van der Waals surface area (Å²) >= 11 is 0. The predicted octanol–water partition coefficient (Wildman–Crippen LogP) is 3.72. The van der Waals surface area contributed by atoms with E-state index in [1.54, 1.807) is 6.07 Å². The van der Waals surface area contributed by atoms with Crippen LogP contribution in [0.25, 0.3) is 0 Å². The van der Waals surface area contributed by atoms with Crippen molar-refractivity contribution < 1.29 is 9.32 Å². The molecule has 2 bridgehead atoms. The molecule has 2 aliphatic rings. The standard InChI is InChI=1S/C21H27N3O2/c1-14(2)20-12-19(23-26-20)21(25)22-16-10-17-8-9-18(11-16)24(17)13-15-6-4-3-5-7-15/h3-7,12,14,16-18H,8-11,13H2,1-2H3,(H,22,25)/t16?,17-,18+. The van der Waals surface area contributed by atoms with Crippen LogP contribution in [-0.2, 0) is 6.54 Å². The number of fused-ring (bicyclic) bond motifs is 2. The molecule has 1 aromatic heterocycles. The van der Waals surface area contributed by atoms with E-state index in [1.807, 2.05) is 13.8 Å². The zero-order valence-electron chi connectivity index (χ0n) is 15.5. The van der Waals surface area contributed by atoms with Gasteiger partial charge in [-0.2, -0.15) is 0 Å². The van der Waals surface area contributed by atoms with Gasteiger partial charge in [0.25, 0.3) is 5.91 Å². The second-order valence-corrected chi connectivity index (χ2v) is 7.95. The van der Waals surface area contributed by atoms with Crippen molar-refractivity contribution in [3.8, 4) is 0 Å². The van der Waals surface area contributed by atoms with Crippen molar-refractivity contribution in [3.05, 3.63) is 53.4 Å². The zero-order chi connectivity index (χ0) is 18.1. The van der Waals surface area contributed by atoms with E-state index in [9.17, 15) is 4.79 Å². The SMILES string of the molecule is CC(C)c1cc(C(=O)NC2C[C@H]3CC[C@@H](C2)N3Cc2ccccc2)no1. The maximum Gasteiger partial charge on any atom is 0.273 e. The number of hydrogen-bond donors (Lipinski definition) is 1. The number of aromatic nitrogens is 1. The molecular weight excluding hydrogens is 326 g/mol. The Morgan fingerprint density at radius 1 is 1.23 bits per heavy atom. The Morgan fingerprint density at radius 3 is 2.54 bits per heavy atom. The van der Waals surface area contributed by atoms with Gasteiger partial charge in [0.2, 0.25) is 0 Å². The Bertz CT molecular complexity index is 742. The number of benzene rings is 1. The minimum Gasteiger partial charge on any atom is -0.360 e. The Kier molecular flexibility index (Phi) is 4.81. The molecule has 5 nitrogen and oxygen atoms in total. The van der Waals surface area contributed by atoms with Gasteiger partial charge >= 0.3 is 0 Å². The average molecular weight is 353 g/mol. The van der Waals surface area contributed by atoms with Crippen molar-refractivity contribution in [3.63, 3.8) is 0 Å². The number of carbonyl (C=O) groups is 1. The Labute approximate surface area is 154 Å². The molecule has 2 fully saturated rings. The van der Waals surface area contributed by atoms with Crippen LogP contribution in [0.1, 0.15) is 67.3 Å². The summed E-state index contributed by atoms with van der Waals surface area (Å²) in [6.07, 6.45) is 4.49. The first kappa shape index (κ1) is 17.3. The minimum atomic E-state index is -0.110.